The van der Waals surface area contributed by atoms with Gasteiger partial charge in [-0.3, -0.25) is 0 Å². The number of likely N-dealkylation sites (N-methyl/N-ethyl adjacent to an activating group) is 1. The van der Waals surface area contributed by atoms with Gasteiger partial charge >= 0.3 is 0 Å². The number of nitrogens with one attached hydrogen (secondary N) is 1. The number of piperidine rings is 1. The Kier molecular flexibility index (Phi) is 4.58. The second-order valence-electron chi connectivity index (χ2n) is 5.49. The number of nitrogen functional groups attached to an aromatic ring is 1. The fourth-order valence-electron chi connectivity index (χ4n) is 2.54. The van der Waals surface area contributed by atoms with Gasteiger partial charge in [-0.1, -0.05) is 6.92 Å². The molecule has 106 valence electrons. The van der Waals surface area contributed by atoms with Crippen molar-refractivity contribution in [3.05, 3.63) is 11.4 Å². The van der Waals surface area contributed by atoms with E-state index in [1.165, 1.54) is 19.4 Å². The lowest BCUT2D eigenvalue weighted by Gasteiger charge is -2.31. The number of rotatable bonds is 4. The van der Waals surface area contributed by atoms with E-state index in [0.29, 0.717) is 11.9 Å². The topological polar surface area (TPSA) is 67.1 Å². The van der Waals surface area contributed by atoms with Crippen molar-refractivity contribution < 1.29 is 0 Å². The number of likely N-dealkylation sites (tertiary alicyclic amines) is 1. The molecule has 0 saturated carbocycles. The first-order valence-corrected chi connectivity index (χ1v) is 7.18. The Balaban J connectivity index is 2.14. The first kappa shape index (κ1) is 14.1. The van der Waals surface area contributed by atoms with Gasteiger partial charge in [-0.15, -0.1) is 0 Å². The van der Waals surface area contributed by atoms with Crippen LogP contribution in [0.2, 0.25) is 0 Å². The monoisotopic (exact) mass is 263 g/mol. The molecule has 2 heterocycles. The summed E-state index contributed by atoms with van der Waals surface area (Å²) in [5.74, 6) is 2.36. The molecule has 5 nitrogen and oxygen atoms in total. The van der Waals surface area contributed by atoms with Gasteiger partial charge in [0.15, 0.2) is 0 Å². The summed E-state index contributed by atoms with van der Waals surface area (Å²) in [4.78, 5) is 11.3. The number of hydrogen-bond acceptors (Lipinski definition) is 5. The van der Waals surface area contributed by atoms with Crippen molar-refractivity contribution in [3.8, 4) is 0 Å². The molecule has 2 rings (SSSR count). The van der Waals surface area contributed by atoms with Gasteiger partial charge in [0.1, 0.15) is 17.5 Å². The lowest BCUT2D eigenvalue weighted by Crippen LogP contribution is -2.40. The molecule has 5 heteroatoms. The summed E-state index contributed by atoms with van der Waals surface area (Å²) in [6.07, 6.45) is 4.34. The zero-order valence-electron chi connectivity index (χ0n) is 12.2. The van der Waals surface area contributed by atoms with Gasteiger partial charge < -0.3 is 16.0 Å². The number of aryl methyl sites for hydroxylation is 1. The number of hydrogen-bond donors (Lipinski definition) is 2. The van der Waals surface area contributed by atoms with Gasteiger partial charge in [-0.2, -0.15) is 0 Å². The van der Waals surface area contributed by atoms with Crippen LogP contribution in [0.15, 0.2) is 0 Å². The van der Waals surface area contributed by atoms with E-state index < -0.39 is 0 Å². The first-order chi connectivity index (χ1) is 9.10. The fourth-order valence-corrected chi connectivity index (χ4v) is 2.54. The maximum atomic E-state index is 5.98. The van der Waals surface area contributed by atoms with Gasteiger partial charge in [0.2, 0.25) is 0 Å². The smallest absolute Gasteiger partial charge is 0.135 e. The molecule has 0 amide bonds. The molecule has 1 aliphatic heterocycles. The van der Waals surface area contributed by atoms with Crippen LogP contribution in [0.1, 0.15) is 37.6 Å². The Morgan fingerprint density at radius 1 is 1.42 bits per heavy atom. The Morgan fingerprint density at radius 3 is 2.89 bits per heavy atom. The number of nitrogens with two attached hydrogens (primary N) is 1. The summed E-state index contributed by atoms with van der Waals surface area (Å²) in [5.41, 5.74) is 6.95. The molecule has 19 heavy (non-hydrogen) atoms. The summed E-state index contributed by atoms with van der Waals surface area (Å²) in [6.45, 7) is 6.36. The van der Waals surface area contributed by atoms with Crippen LogP contribution in [0.4, 0.5) is 11.6 Å². The SMILES string of the molecule is CCCc1nc(N)c(C)c(NC2CCCN(C)C2)n1. The highest BCUT2D eigenvalue weighted by molar-refractivity contribution is 5.55. The number of aromatic nitrogens is 2. The van der Waals surface area contributed by atoms with Crippen molar-refractivity contribution in [2.75, 3.05) is 31.2 Å². The van der Waals surface area contributed by atoms with Crippen LogP contribution < -0.4 is 11.1 Å². The Labute approximate surface area is 115 Å². The maximum absolute atomic E-state index is 5.98. The van der Waals surface area contributed by atoms with Crippen LogP contribution in [0.5, 0.6) is 0 Å². The van der Waals surface area contributed by atoms with E-state index in [1.54, 1.807) is 0 Å². The lowest BCUT2D eigenvalue weighted by atomic mass is 10.1. The van der Waals surface area contributed by atoms with E-state index in [1.807, 2.05) is 6.92 Å². The van der Waals surface area contributed by atoms with Gasteiger partial charge in [-0.25, -0.2) is 9.97 Å². The molecule has 0 radical (unpaired) electrons. The fraction of sp³-hybridized carbons (Fsp3) is 0.714. The molecule has 0 spiro atoms. The highest BCUT2D eigenvalue weighted by Crippen LogP contribution is 2.21. The standard InChI is InChI=1S/C14H25N5/c1-4-6-12-17-13(15)10(2)14(18-12)16-11-7-5-8-19(3)9-11/h11H,4-9H2,1-3H3,(H3,15,16,17,18). The van der Waals surface area contributed by atoms with Crippen molar-refractivity contribution in [2.45, 2.75) is 45.6 Å². The Bertz CT molecular complexity index is 432. The minimum absolute atomic E-state index is 0.459. The third kappa shape index (κ3) is 3.56. The first-order valence-electron chi connectivity index (χ1n) is 7.18. The van der Waals surface area contributed by atoms with Crippen LogP contribution >= 0.6 is 0 Å². The Hall–Kier alpha value is -1.36. The minimum Gasteiger partial charge on any atom is -0.383 e. The second kappa shape index (κ2) is 6.19. The quantitative estimate of drug-likeness (QED) is 0.867. The molecule has 3 N–H and O–H groups in total. The molecule has 0 aliphatic carbocycles. The van der Waals surface area contributed by atoms with E-state index in [9.17, 15) is 0 Å². The molecular formula is C14H25N5. The maximum Gasteiger partial charge on any atom is 0.135 e. The van der Waals surface area contributed by atoms with E-state index in [4.69, 9.17) is 5.73 Å². The highest BCUT2D eigenvalue weighted by atomic mass is 15.2. The van der Waals surface area contributed by atoms with E-state index in [2.05, 4.69) is 34.2 Å². The van der Waals surface area contributed by atoms with Crippen LogP contribution in [-0.4, -0.2) is 41.0 Å². The summed E-state index contributed by atoms with van der Waals surface area (Å²) < 4.78 is 0. The predicted molar refractivity (Wildman–Crippen MR) is 79.3 cm³/mol. The number of anilines is 2. The summed E-state index contributed by atoms with van der Waals surface area (Å²) in [6, 6.07) is 0.459. The van der Waals surface area contributed by atoms with E-state index >= 15 is 0 Å². The molecule has 1 atom stereocenters. The molecule has 1 aromatic heterocycles. The molecule has 0 bridgehead atoms. The van der Waals surface area contributed by atoms with Crippen molar-refractivity contribution in [1.82, 2.24) is 14.9 Å². The molecule has 1 saturated heterocycles. The summed E-state index contributed by atoms with van der Waals surface area (Å²) in [7, 11) is 2.16. The van der Waals surface area contributed by atoms with Gasteiger partial charge in [-0.05, 0) is 39.8 Å². The number of nitrogens with zero attached hydrogens (tertiary/aromatic N) is 3. The molecule has 0 aromatic carbocycles. The van der Waals surface area contributed by atoms with Gasteiger partial charge in [0.05, 0.1) is 0 Å². The lowest BCUT2D eigenvalue weighted by molar-refractivity contribution is 0.260. The van der Waals surface area contributed by atoms with Crippen LogP contribution in [0, 0.1) is 6.92 Å². The normalized spacial score (nSPS) is 20.5. The van der Waals surface area contributed by atoms with Crippen LogP contribution in [0.3, 0.4) is 0 Å². The second-order valence-corrected chi connectivity index (χ2v) is 5.49. The highest BCUT2D eigenvalue weighted by Gasteiger charge is 2.19. The summed E-state index contributed by atoms with van der Waals surface area (Å²) >= 11 is 0. The van der Waals surface area contributed by atoms with E-state index in [-0.39, 0.29) is 0 Å². The third-order valence-corrected chi connectivity index (χ3v) is 3.67. The Morgan fingerprint density at radius 2 is 2.21 bits per heavy atom. The zero-order chi connectivity index (χ0) is 13.8. The molecule has 1 fully saturated rings. The van der Waals surface area contributed by atoms with Crippen molar-refractivity contribution in [3.63, 3.8) is 0 Å². The molecule has 1 unspecified atom stereocenters. The average Bonchev–Trinajstić information content (AvgIpc) is 2.36. The summed E-state index contributed by atoms with van der Waals surface area (Å²) in [5, 5.41) is 3.55. The van der Waals surface area contributed by atoms with Crippen LogP contribution in [0.25, 0.3) is 0 Å². The van der Waals surface area contributed by atoms with Gasteiger partial charge in [0, 0.05) is 24.6 Å². The molecule has 1 aromatic rings. The van der Waals surface area contributed by atoms with Crippen molar-refractivity contribution in [1.29, 1.82) is 0 Å². The zero-order valence-corrected chi connectivity index (χ0v) is 12.2. The van der Waals surface area contributed by atoms with Gasteiger partial charge in [0.25, 0.3) is 0 Å². The van der Waals surface area contributed by atoms with Crippen LogP contribution in [-0.2, 0) is 6.42 Å². The predicted octanol–water partition coefficient (Wildman–Crippen LogP) is 1.83. The van der Waals surface area contributed by atoms with Crippen molar-refractivity contribution >= 4 is 11.6 Å². The molecule has 1 aliphatic rings. The minimum atomic E-state index is 0.459. The molecular weight excluding hydrogens is 238 g/mol. The largest absolute Gasteiger partial charge is 0.383 e. The average molecular weight is 263 g/mol. The van der Waals surface area contributed by atoms with Crippen molar-refractivity contribution in [2.24, 2.45) is 0 Å². The van der Waals surface area contributed by atoms with E-state index in [0.717, 1.165) is 36.6 Å². The third-order valence-electron chi connectivity index (χ3n) is 3.67.